The number of fused-ring (bicyclic) bond motifs is 3. The van der Waals surface area contributed by atoms with Gasteiger partial charge in [-0.15, -0.1) is 0 Å². The minimum absolute atomic E-state index is 0.0990. The molecule has 2 N–H and O–H groups in total. The molecule has 3 heterocycles. The summed E-state index contributed by atoms with van der Waals surface area (Å²) >= 11 is 0. The maximum atomic E-state index is 13.2. The first-order valence-corrected chi connectivity index (χ1v) is 10.2. The number of hydrogen-bond donors (Lipinski definition) is 2. The molecule has 2 aromatic carbocycles. The lowest BCUT2D eigenvalue weighted by Gasteiger charge is -2.25. The van der Waals surface area contributed by atoms with E-state index < -0.39 is 0 Å². The van der Waals surface area contributed by atoms with Crippen LogP contribution >= 0.6 is 0 Å². The number of nitrogens with one attached hydrogen (secondary N) is 2. The van der Waals surface area contributed by atoms with Gasteiger partial charge in [-0.1, -0.05) is 42.5 Å². The number of H-pyrrole nitrogens is 1. The summed E-state index contributed by atoms with van der Waals surface area (Å²) in [6, 6.07) is 16.3. The third-order valence-electron chi connectivity index (χ3n) is 5.70. The standard InChI is InChI=1S/C23H21N5O3/c29-20-11-6-12-27(20)14-18(15-7-2-1-3-8-15)25-23(31)17-13-24-28-19-10-5-4-9-16(19)22(30)26-21(17)28/h1-5,7-10,13,18H,6,11-12,14H2,(H,25,31)(H,26,30). The fourth-order valence-electron chi connectivity index (χ4n) is 4.12. The van der Waals surface area contributed by atoms with Crippen molar-refractivity contribution in [3.05, 3.63) is 82.3 Å². The fraction of sp³-hybridized carbons (Fsp3) is 0.217. The van der Waals surface area contributed by atoms with E-state index in [-0.39, 0.29) is 29.0 Å². The van der Waals surface area contributed by atoms with Crippen molar-refractivity contribution in [2.24, 2.45) is 0 Å². The van der Waals surface area contributed by atoms with E-state index in [1.807, 2.05) is 36.4 Å². The van der Waals surface area contributed by atoms with Gasteiger partial charge in [-0.05, 0) is 24.1 Å². The minimum atomic E-state index is -0.377. The van der Waals surface area contributed by atoms with Gasteiger partial charge in [0.25, 0.3) is 11.5 Å². The number of amides is 2. The molecule has 1 atom stereocenters. The van der Waals surface area contributed by atoms with Crippen molar-refractivity contribution in [3.8, 4) is 0 Å². The van der Waals surface area contributed by atoms with Gasteiger partial charge >= 0.3 is 0 Å². The van der Waals surface area contributed by atoms with Crippen LogP contribution in [0.1, 0.15) is 34.8 Å². The van der Waals surface area contributed by atoms with Crippen LogP contribution in [0, 0.1) is 0 Å². The van der Waals surface area contributed by atoms with Gasteiger partial charge in [0.2, 0.25) is 5.91 Å². The Bertz CT molecular complexity index is 1340. The average Bonchev–Trinajstić information content (AvgIpc) is 3.40. The molecule has 31 heavy (non-hydrogen) atoms. The molecule has 0 saturated carbocycles. The first-order valence-electron chi connectivity index (χ1n) is 10.2. The Hall–Kier alpha value is -3.94. The lowest BCUT2D eigenvalue weighted by atomic mass is 10.1. The molecule has 4 aromatic rings. The highest BCUT2D eigenvalue weighted by molar-refractivity contribution is 6.00. The van der Waals surface area contributed by atoms with E-state index in [9.17, 15) is 14.4 Å². The van der Waals surface area contributed by atoms with Crippen molar-refractivity contribution in [2.45, 2.75) is 18.9 Å². The average molecular weight is 415 g/mol. The second kappa shape index (κ2) is 7.71. The summed E-state index contributed by atoms with van der Waals surface area (Å²) in [5.41, 5.74) is 1.87. The van der Waals surface area contributed by atoms with E-state index in [1.54, 1.807) is 27.6 Å². The number of nitrogens with zero attached hydrogens (tertiary/aromatic N) is 3. The van der Waals surface area contributed by atoms with Gasteiger partial charge < -0.3 is 15.2 Å². The molecule has 1 aliphatic rings. The topological polar surface area (TPSA) is 99.6 Å². The number of aromatic amines is 1. The zero-order valence-electron chi connectivity index (χ0n) is 16.7. The van der Waals surface area contributed by atoms with Crippen LogP contribution in [-0.4, -0.2) is 44.4 Å². The van der Waals surface area contributed by atoms with Crippen molar-refractivity contribution in [1.29, 1.82) is 0 Å². The summed E-state index contributed by atoms with van der Waals surface area (Å²) in [4.78, 5) is 42.4. The Morgan fingerprint density at radius 3 is 2.65 bits per heavy atom. The Morgan fingerprint density at radius 2 is 1.87 bits per heavy atom. The van der Waals surface area contributed by atoms with Gasteiger partial charge in [-0.3, -0.25) is 14.4 Å². The summed E-state index contributed by atoms with van der Waals surface area (Å²) < 4.78 is 1.56. The number of likely N-dealkylation sites (tertiary alicyclic amines) is 1. The van der Waals surface area contributed by atoms with Crippen LogP contribution in [0.3, 0.4) is 0 Å². The summed E-state index contributed by atoms with van der Waals surface area (Å²) in [5, 5.41) is 7.86. The van der Waals surface area contributed by atoms with Crippen LogP contribution in [0.15, 0.2) is 65.6 Å². The van der Waals surface area contributed by atoms with Crippen molar-refractivity contribution < 1.29 is 9.59 Å². The van der Waals surface area contributed by atoms with Gasteiger partial charge in [0.1, 0.15) is 11.2 Å². The molecule has 2 amide bonds. The molecular weight excluding hydrogens is 394 g/mol. The molecule has 1 aliphatic heterocycles. The van der Waals surface area contributed by atoms with Crippen LogP contribution < -0.4 is 10.9 Å². The molecule has 8 heteroatoms. The van der Waals surface area contributed by atoms with Crippen molar-refractivity contribution >= 4 is 28.4 Å². The molecule has 1 unspecified atom stereocenters. The van der Waals surface area contributed by atoms with Gasteiger partial charge in [-0.2, -0.15) is 5.10 Å². The number of rotatable bonds is 5. The first-order chi connectivity index (χ1) is 15.1. The van der Waals surface area contributed by atoms with E-state index in [1.165, 1.54) is 6.20 Å². The second-order valence-electron chi connectivity index (χ2n) is 7.67. The summed E-state index contributed by atoms with van der Waals surface area (Å²) in [5.74, 6) is -0.261. The lowest BCUT2D eigenvalue weighted by molar-refractivity contribution is -0.128. The zero-order chi connectivity index (χ0) is 21.4. The molecule has 1 saturated heterocycles. The number of carbonyl (C=O) groups excluding carboxylic acids is 2. The maximum Gasteiger partial charge on any atom is 0.259 e. The van der Waals surface area contributed by atoms with E-state index in [0.717, 1.165) is 12.0 Å². The number of hydrogen-bond acceptors (Lipinski definition) is 4. The predicted molar refractivity (Wildman–Crippen MR) is 116 cm³/mol. The Kier molecular flexibility index (Phi) is 4.74. The highest BCUT2D eigenvalue weighted by Gasteiger charge is 2.26. The fourth-order valence-corrected chi connectivity index (χ4v) is 4.12. The van der Waals surface area contributed by atoms with Crippen LogP contribution in [0.4, 0.5) is 0 Å². The monoisotopic (exact) mass is 415 g/mol. The third kappa shape index (κ3) is 3.46. The summed E-state index contributed by atoms with van der Waals surface area (Å²) in [7, 11) is 0. The van der Waals surface area contributed by atoms with Crippen molar-refractivity contribution in [3.63, 3.8) is 0 Å². The molecule has 0 bridgehead atoms. The number of benzene rings is 2. The maximum absolute atomic E-state index is 13.2. The Labute approximate surface area is 177 Å². The van der Waals surface area contributed by atoms with Gasteiger partial charge in [0, 0.05) is 19.5 Å². The first kappa shape index (κ1) is 19.0. The summed E-state index contributed by atoms with van der Waals surface area (Å²) in [6.07, 6.45) is 2.82. The van der Waals surface area contributed by atoms with Gasteiger partial charge in [-0.25, -0.2) is 4.52 Å². The highest BCUT2D eigenvalue weighted by Crippen LogP contribution is 2.20. The van der Waals surface area contributed by atoms with Crippen LogP contribution in [0.25, 0.3) is 16.6 Å². The van der Waals surface area contributed by atoms with Crippen molar-refractivity contribution in [2.75, 3.05) is 13.1 Å². The van der Waals surface area contributed by atoms with E-state index in [4.69, 9.17) is 0 Å². The third-order valence-corrected chi connectivity index (χ3v) is 5.70. The van der Waals surface area contributed by atoms with Crippen LogP contribution in [-0.2, 0) is 4.79 Å². The van der Waals surface area contributed by atoms with Crippen LogP contribution in [0.5, 0.6) is 0 Å². The molecule has 0 radical (unpaired) electrons. The smallest absolute Gasteiger partial charge is 0.259 e. The zero-order valence-corrected chi connectivity index (χ0v) is 16.7. The van der Waals surface area contributed by atoms with E-state index in [0.29, 0.717) is 36.1 Å². The highest BCUT2D eigenvalue weighted by atomic mass is 16.2. The number of aromatic nitrogens is 3. The van der Waals surface area contributed by atoms with Gasteiger partial charge in [0.15, 0.2) is 0 Å². The Morgan fingerprint density at radius 1 is 1.10 bits per heavy atom. The molecule has 156 valence electrons. The molecule has 0 aliphatic carbocycles. The van der Waals surface area contributed by atoms with Gasteiger partial charge in [0.05, 0.1) is 23.1 Å². The van der Waals surface area contributed by atoms with E-state index in [2.05, 4.69) is 15.4 Å². The quantitative estimate of drug-likeness (QED) is 0.522. The largest absolute Gasteiger partial charge is 0.343 e. The van der Waals surface area contributed by atoms with Crippen molar-refractivity contribution in [1.82, 2.24) is 24.8 Å². The SMILES string of the molecule is O=C(NC(CN1CCCC1=O)c1ccccc1)c1cnn2c1[nH]c(=O)c1ccccc12. The predicted octanol–water partition coefficient (Wildman–Crippen LogP) is 2.27. The Balaban J connectivity index is 1.50. The normalized spacial score (nSPS) is 15.0. The second-order valence-corrected chi connectivity index (χ2v) is 7.67. The molecule has 2 aromatic heterocycles. The lowest BCUT2D eigenvalue weighted by Crippen LogP contribution is -2.38. The number of para-hydroxylation sites is 1. The molecule has 8 nitrogen and oxygen atoms in total. The molecule has 5 rings (SSSR count). The number of carbonyl (C=O) groups is 2. The molecule has 0 spiro atoms. The minimum Gasteiger partial charge on any atom is -0.343 e. The van der Waals surface area contributed by atoms with Crippen LogP contribution in [0.2, 0.25) is 0 Å². The molecular formula is C23H21N5O3. The van der Waals surface area contributed by atoms with E-state index >= 15 is 0 Å². The molecule has 1 fully saturated rings. The summed E-state index contributed by atoms with van der Waals surface area (Å²) in [6.45, 7) is 1.08.